The van der Waals surface area contributed by atoms with E-state index < -0.39 is 12.2 Å². The molecule has 1 N–H and O–H groups in total. The van der Waals surface area contributed by atoms with E-state index in [1.807, 2.05) is 0 Å². The molecule has 0 spiro atoms. The summed E-state index contributed by atoms with van der Waals surface area (Å²) in [6.45, 7) is 0. The Hall–Kier alpha value is -2.22. The number of aromatic nitrogens is 1. The van der Waals surface area contributed by atoms with Gasteiger partial charge in [-0.05, 0) is 40.2 Å². The molecule has 1 aliphatic rings. The first-order valence-electron chi connectivity index (χ1n) is 5.76. The lowest BCUT2D eigenvalue weighted by Gasteiger charge is -2.06. The number of nitrogens with zero attached hydrogens (tertiary/aromatic N) is 1. The second kappa shape index (κ2) is 4.96. The van der Waals surface area contributed by atoms with Crippen LogP contribution in [-0.2, 0) is 0 Å². The average Bonchev–Trinajstić information content (AvgIpc) is 2.72. The number of fused-ring (bicyclic) bond motifs is 1. The Balaban J connectivity index is 1.79. The molecule has 0 aliphatic carbocycles. The zero-order valence-corrected chi connectivity index (χ0v) is 11.9. The first-order chi connectivity index (χ1) is 9.93. The predicted octanol–water partition coefficient (Wildman–Crippen LogP) is 3.42. The number of hydrogen-bond acceptors (Lipinski definition) is 4. The summed E-state index contributed by atoms with van der Waals surface area (Å²) in [5.74, 6) is -0.609. The van der Waals surface area contributed by atoms with Gasteiger partial charge in [-0.1, -0.05) is 0 Å². The number of halogens is 3. The van der Waals surface area contributed by atoms with Crippen molar-refractivity contribution in [2.45, 2.75) is 6.29 Å². The number of carbonyl (C=O) groups is 1. The maximum Gasteiger partial charge on any atom is 0.586 e. The zero-order chi connectivity index (χ0) is 15.0. The van der Waals surface area contributed by atoms with Crippen LogP contribution in [0.1, 0.15) is 10.4 Å². The summed E-state index contributed by atoms with van der Waals surface area (Å²) in [6, 6.07) is 7.08. The highest BCUT2D eigenvalue weighted by Crippen LogP contribution is 2.42. The van der Waals surface area contributed by atoms with Crippen molar-refractivity contribution in [1.29, 1.82) is 0 Å². The molecule has 21 heavy (non-hydrogen) atoms. The summed E-state index contributed by atoms with van der Waals surface area (Å²) in [6.07, 6.45) is -2.21. The molecule has 5 nitrogen and oxygen atoms in total. The van der Waals surface area contributed by atoms with Crippen molar-refractivity contribution >= 4 is 27.5 Å². The fraction of sp³-hybridized carbons (Fsp3) is 0.0769. The van der Waals surface area contributed by atoms with Crippen molar-refractivity contribution in [3.8, 4) is 11.5 Å². The molecule has 0 bridgehead atoms. The van der Waals surface area contributed by atoms with Gasteiger partial charge in [-0.25, -0.2) is 4.98 Å². The van der Waals surface area contributed by atoms with Crippen LogP contribution in [0.2, 0.25) is 0 Å². The van der Waals surface area contributed by atoms with E-state index in [2.05, 4.69) is 35.7 Å². The SMILES string of the molecule is O=C(Nc1ccc2c(c1)OC(F)(F)O2)c1ccnc(Br)c1. The van der Waals surface area contributed by atoms with Crippen molar-refractivity contribution in [2.24, 2.45) is 0 Å². The van der Waals surface area contributed by atoms with Gasteiger partial charge in [0.25, 0.3) is 5.91 Å². The lowest BCUT2D eigenvalue weighted by Crippen LogP contribution is -2.25. The van der Waals surface area contributed by atoms with Gasteiger partial charge in [0.15, 0.2) is 11.5 Å². The van der Waals surface area contributed by atoms with E-state index in [0.29, 0.717) is 15.9 Å². The normalized spacial score (nSPS) is 14.8. The summed E-state index contributed by atoms with van der Waals surface area (Å²) in [5, 5.41) is 2.57. The van der Waals surface area contributed by atoms with Crippen LogP contribution in [0.25, 0.3) is 0 Å². The van der Waals surface area contributed by atoms with Gasteiger partial charge in [-0.2, -0.15) is 0 Å². The van der Waals surface area contributed by atoms with Gasteiger partial charge < -0.3 is 14.8 Å². The van der Waals surface area contributed by atoms with Crippen molar-refractivity contribution in [2.75, 3.05) is 5.32 Å². The summed E-state index contributed by atoms with van der Waals surface area (Å²) < 4.78 is 34.9. The Kier molecular flexibility index (Phi) is 3.25. The molecule has 1 aromatic heterocycles. The fourth-order valence-electron chi connectivity index (χ4n) is 1.77. The standard InChI is InChI=1S/C13H7BrF2N2O3/c14-11-5-7(3-4-17-11)12(19)18-8-1-2-9-10(6-8)21-13(15,16)20-9/h1-6H,(H,18,19). The Morgan fingerprint density at radius 1 is 1.19 bits per heavy atom. The summed E-state index contributed by atoms with van der Waals surface area (Å²) >= 11 is 3.16. The third kappa shape index (κ3) is 2.94. The maximum absolute atomic E-state index is 12.9. The lowest BCUT2D eigenvalue weighted by molar-refractivity contribution is -0.286. The number of anilines is 1. The molecule has 0 radical (unpaired) electrons. The van der Waals surface area contributed by atoms with E-state index in [4.69, 9.17) is 0 Å². The van der Waals surface area contributed by atoms with E-state index in [-0.39, 0.29) is 11.5 Å². The molecule has 1 aliphatic heterocycles. The van der Waals surface area contributed by atoms with Gasteiger partial charge in [0, 0.05) is 23.5 Å². The number of carbonyl (C=O) groups excluding carboxylic acids is 1. The predicted molar refractivity (Wildman–Crippen MR) is 72.5 cm³/mol. The maximum atomic E-state index is 12.9. The molecule has 2 aromatic rings. The van der Waals surface area contributed by atoms with E-state index in [1.165, 1.54) is 36.5 Å². The van der Waals surface area contributed by atoms with Crippen molar-refractivity contribution in [3.63, 3.8) is 0 Å². The second-order valence-electron chi connectivity index (χ2n) is 4.15. The van der Waals surface area contributed by atoms with Crippen LogP contribution in [-0.4, -0.2) is 17.2 Å². The van der Waals surface area contributed by atoms with Crippen molar-refractivity contribution < 1.29 is 23.0 Å². The highest BCUT2D eigenvalue weighted by Gasteiger charge is 2.43. The third-order valence-electron chi connectivity index (χ3n) is 2.65. The average molecular weight is 357 g/mol. The summed E-state index contributed by atoms with van der Waals surface area (Å²) in [7, 11) is 0. The van der Waals surface area contributed by atoms with Crippen LogP contribution in [0.3, 0.4) is 0 Å². The van der Waals surface area contributed by atoms with E-state index >= 15 is 0 Å². The van der Waals surface area contributed by atoms with Gasteiger partial charge in [0.2, 0.25) is 0 Å². The minimum Gasteiger partial charge on any atom is -0.395 e. The molecule has 3 rings (SSSR count). The van der Waals surface area contributed by atoms with E-state index in [1.54, 1.807) is 0 Å². The smallest absolute Gasteiger partial charge is 0.395 e. The molecule has 0 atom stereocenters. The van der Waals surface area contributed by atoms with E-state index in [0.717, 1.165) is 0 Å². The molecule has 0 fully saturated rings. The minimum absolute atomic E-state index is 0.0790. The van der Waals surface area contributed by atoms with Crippen LogP contribution in [0, 0.1) is 0 Å². The second-order valence-corrected chi connectivity index (χ2v) is 4.96. The summed E-state index contributed by atoms with van der Waals surface area (Å²) in [4.78, 5) is 15.9. The molecule has 2 heterocycles. The van der Waals surface area contributed by atoms with Crippen LogP contribution in [0.15, 0.2) is 41.1 Å². The van der Waals surface area contributed by atoms with Gasteiger partial charge >= 0.3 is 6.29 Å². The van der Waals surface area contributed by atoms with Crippen molar-refractivity contribution in [3.05, 3.63) is 46.7 Å². The molecular formula is C13H7BrF2N2O3. The number of amides is 1. The Morgan fingerprint density at radius 3 is 2.71 bits per heavy atom. The van der Waals surface area contributed by atoms with Gasteiger partial charge in [-0.3, -0.25) is 4.79 Å². The first-order valence-corrected chi connectivity index (χ1v) is 6.55. The molecule has 8 heteroatoms. The monoisotopic (exact) mass is 356 g/mol. The highest BCUT2D eigenvalue weighted by atomic mass is 79.9. The Labute approximate surface area is 126 Å². The minimum atomic E-state index is -3.68. The number of ether oxygens (including phenoxy) is 2. The number of alkyl halides is 2. The molecule has 0 saturated carbocycles. The van der Waals surface area contributed by atoms with E-state index in [9.17, 15) is 13.6 Å². The lowest BCUT2D eigenvalue weighted by atomic mass is 10.2. The number of hydrogen-bond donors (Lipinski definition) is 1. The topological polar surface area (TPSA) is 60.5 Å². The van der Waals surface area contributed by atoms with Gasteiger partial charge in [-0.15, -0.1) is 8.78 Å². The number of pyridine rings is 1. The van der Waals surface area contributed by atoms with Crippen LogP contribution >= 0.6 is 15.9 Å². The molecule has 1 aromatic carbocycles. The third-order valence-corrected chi connectivity index (χ3v) is 3.08. The number of rotatable bonds is 2. The highest BCUT2D eigenvalue weighted by molar-refractivity contribution is 9.10. The van der Waals surface area contributed by atoms with Gasteiger partial charge in [0.05, 0.1) is 0 Å². The Morgan fingerprint density at radius 2 is 1.95 bits per heavy atom. The first kappa shape index (κ1) is 13.7. The number of benzene rings is 1. The molecule has 108 valence electrons. The van der Waals surface area contributed by atoms with Crippen molar-refractivity contribution in [1.82, 2.24) is 4.98 Å². The molecular weight excluding hydrogens is 350 g/mol. The molecule has 0 unspecified atom stereocenters. The van der Waals surface area contributed by atoms with Crippen LogP contribution in [0.4, 0.5) is 14.5 Å². The quantitative estimate of drug-likeness (QED) is 0.837. The largest absolute Gasteiger partial charge is 0.586 e. The molecule has 1 amide bonds. The number of nitrogens with one attached hydrogen (secondary N) is 1. The fourth-order valence-corrected chi connectivity index (χ4v) is 2.14. The van der Waals surface area contributed by atoms with Crippen LogP contribution in [0.5, 0.6) is 11.5 Å². The van der Waals surface area contributed by atoms with Crippen LogP contribution < -0.4 is 14.8 Å². The van der Waals surface area contributed by atoms with Gasteiger partial charge in [0.1, 0.15) is 4.60 Å². The summed E-state index contributed by atoms with van der Waals surface area (Å²) in [5.41, 5.74) is 0.688. The Bertz CT molecular complexity index is 724. The zero-order valence-electron chi connectivity index (χ0n) is 10.3. The molecule has 0 saturated heterocycles.